The Morgan fingerprint density at radius 1 is 1.21 bits per heavy atom. The Morgan fingerprint density at radius 3 is 2.56 bits per heavy atom. The second kappa shape index (κ2) is 8.26. The molecule has 34 heavy (non-hydrogen) atoms. The molecule has 1 heterocycles. The molecule has 0 radical (unpaired) electrons. The van der Waals surface area contributed by atoms with Crippen LogP contribution in [0.1, 0.15) is 83.0 Å². The molecule has 1 saturated heterocycles. The van der Waals surface area contributed by atoms with Gasteiger partial charge in [-0.15, -0.1) is 0 Å². The molecule has 3 fully saturated rings. The Hall–Kier alpha value is -2.61. The summed E-state index contributed by atoms with van der Waals surface area (Å²) in [5, 5.41) is 31.8. The second-order valence-electron chi connectivity index (χ2n) is 11.2. The number of aromatic carboxylic acids is 1. The van der Waals surface area contributed by atoms with Crippen LogP contribution < -0.4 is 5.32 Å². The summed E-state index contributed by atoms with van der Waals surface area (Å²) >= 11 is 0. The lowest BCUT2D eigenvalue weighted by molar-refractivity contribution is -0.144. The molecule has 8 nitrogen and oxygen atoms in total. The summed E-state index contributed by atoms with van der Waals surface area (Å²) in [6.07, 6.45) is 4.94. The molecule has 2 saturated carbocycles. The second-order valence-corrected chi connectivity index (χ2v) is 11.2. The van der Waals surface area contributed by atoms with Gasteiger partial charge in [-0.1, -0.05) is 13.8 Å². The number of nitrogens with one attached hydrogen (secondary N) is 1. The number of carbonyl (C=O) groups excluding carboxylic acids is 2. The van der Waals surface area contributed by atoms with Crippen LogP contribution in [0.2, 0.25) is 0 Å². The van der Waals surface area contributed by atoms with E-state index in [2.05, 4.69) is 26.1 Å². The van der Waals surface area contributed by atoms with Gasteiger partial charge < -0.3 is 25.4 Å². The molecule has 0 bridgehead atoms. The molecule has 8 heteroatoms. The highest BCUT2D eigenvalue weighted by Crippen LogP contribution is 2.65. The summed E-state index contributed by atoms with van der Waals surface area (Å²) in [5.74, 6) is -2.28. The van der Waals surface area contributed by atoms with Gasteiger partial charge in [0.15, 0.2) is 5.75 Å². The number of phenolic OH excluding ortho intramolecular Hbond substituents is 1. The molecular formula is C26H35NO7. The van der Waals surface area contributed by atoms with Gasteiger partial charge in [0.25, 0.3) is 0 Å². The van der Waals surface area contributed by atoms with Crippen molar-refractivity contribution in [1.82, 2.24) is 0 Å². The maximum atomic E-state index is 13.1. The minimum Gasteiger partial charge on any atom is -0.506 e. The van der Waals surface area contributed by atoms with Crippen LogP contribution in [0.25, 0.3) is 0 Å². The number of rotatable bonds is 5. The minimum atomic E-state index is -1.37. The third kappa shape index (κ3) is 3.85. The van der Waals surface area contributed by atoms with E-state index in [1.54, 1.807) is 0 Å². The number of Topliss-reactive ketones (excluding diaryl/α,β-unsaturated/α-hetero) is 1. The predicted molar refractivity (Wildman–Crippen MR) is 125 cm³/mol. The first-order valence-corrected chi connectivity index (χ1v) is 12.1. The molecule has 3 aliphatic rings. The zero-order valence-electron chi connectivity index (χ0n) is 20.3. The summed E-state index contributed by atoms with van der Waals surface area (Å²) in [4.78, 5) is 37.1. The highest BCUT2D eigenvalue weighted by atomic mass is 16.5. The first-order valence-electron chi connectivity index (χ1n) is 12.1. The van der Waals surface area contributed by atoms with Crippen LogP contribution >= 0.6 is 0 Å². The van der Waals surface area contributed by atoms with Gasteiger partial charge in [-0.3, -0.25) is 9.59 Å². The lowest BCUT2D eigenvalue weighted by Gasteiger charge is -2.51. The number of anilines is 1. The van der Waals surface area contributed by atoms with E-state index in [1.807, 2.05) is 6.92 Å². The number of amides is 1. The summed E-state index contributed by atoms with van der Waals surface area (Å²) in [7, 11) is 0. The average molecular weight is 474 g/mol. The molecule has 1 aromatic rings. The molecule has 1 spiro atoms. The Labute approximate surface area is 199 Å². The van der Waals surface area contributed by atoms with E-state index in [-0.39, 0.29) is 40.9 Å². The average Bonchev–Trinajstić information content (AvgIpc) is 3.18. The molecule has 1 amide bonds. The smallest absolute Gasteiger partial charge is 0.339 e. The van der Waals surface area contributed by atoms with Crippen molar-refractivity contribution in [2.75, 3.05) is 5.32 Å². The first kappa shape index (κ1) is 24.5. The Bertz CT molecular complexity index is 1040. The monoisotopic (exact) mass is 473 g/mol. The van der Waals surface area contributed by atoms with Gasteiger partial charge in [0.1, 0.15) is 22.8 Å². The normalized spacial score (nSPS) is 37.1. The fraction of sp³-hybridized carbons (Fsp3) is 0.654. The van der Waals surface area contributed by atoms with Crippen molar-refractivity contribution in [3.05, 3.63) is 17.7 Å². The molecule has 2 aliphatic carbocycles. The summed E-state index contributed by atoms with van der Waals surface area (Å²) < 4.78 is 6.32. The van der Waals surface area contributed by atoms with Crippen LogP contribution in [-0.4, -0.2) is 44.7 Å². The van der Waals surface area contributed by atoms with Gasteiger partial charge in [0, 0.05) is 18.3 Å². The van der Waals surface area contributed by atoms with E-state index in [0.717, 1.165) is 37.8 Å². The fourth-order valence-electron chi connectivity index (χ4n) is 7.11. The molecule has 4 rings (SSSR count). The van der Waals surface area contributed by atoms with Crippen molar-refractivity contribution in [2.24, 2.45) is 22.7 Å². The Balaban J connectivity index is 1.48. The minimum absolute atomic E-state index is 0.00501. The van der Waals surface area contributed by atoms with E-state index in [0.29, 0.717) is 18.8 Å². The number of aromatic hydroxyl groups is 2. The number of benzene rings is 1. The maximum absolute atomic E-state index is 13.1. The molecular weight excluding hydrogens is 438 g/mol. The zero-order chi connectivity index (χ0) is 25.1. The molecule has 186 valence electrons. The number of fused-ring (bicyclic) bond motifs is 1. The van der Waals surface area contributed by atoms with Crippen LogP contribution in [0.5, 0.6) is 11.5 Å². The van der Waals surface area contributed by atoms with E-state index >= 15 is 0 Å². The number of carbonyl (C=O) groups is 3. The van der Waals surface area contributed by atoms with Gasteiger partial charge in [0.05, 0.1) is 11.7 Å². The quantitative estimate of drug-likeness (QED) is 0.463. The highest BCUT2D eigenvalue weighted by Gasteiger charge is 2.63. The van der Waals surface area contributed by atoms with Crippen molar-refractivity contribution in [2.45, 2.75) is 84.3 Å². The van der Waals surface area contributed by atoms with Crippen LogP contribution in [0.15, 0.2) is 12.1 Å². The summed E-state index contributed by atoms with van der Waals surface area (Å²) in [6, 6.07) is 2.17. The van der Waals surface area contributed by atoms with Crippen molar-refractivity contribution in [3.8, 4) is 11.5 Å². The largest absolute Gasteiger partial charge is 0.506 e. The lowest BCUT2D eigenvalue weighted by atomic mass is 9.53. The maximum Gasteiger partial charge on any atom is 0.339 e. The number of phenols is 2. The SMILES string of the molecule is CC1[C@@]2(CCC(=O)[C@@]1(C)CCC(=O)Nc1c(O)ccc(C(=O)O)c1O)C[C@@H]1C[C@@H](C)OC1(C)C2. The molecule has 0 aromatic heterocycles. The van der Waals surface area contributed by atoms with Crippen molar-refractivity contribution in [1.29, 1.82) is 0 Å². The predicted octanol–water partition coefficient (Wildman–Crippen LogP) is 4.48. The van der Waals surface area contributed by atoms with Gasteiger partial charge in [-0.05, 0) is 75.3 Å². The van der Waals surface area contributed by atoms with Gasteiger partial charge in [-0.2, -0.15) is 0 Å². The van der Waals surface area contributed by atoms with Crippen molar-refractivity contribution in [3.63, 3.8) is 0 Å². The van der Waals surface area contributed by atoms with Crippen molar-refractivity contribution >= 4 is 23.3 Å². The number of carboxylic acid groups (broad SMARTS) is 1. The standard InChI is InChI=1S/C26H35NO7/c1-14-11-16-12-26(13-25(16,4)34-14)10-7-19(29)24(3,15(26)2)9-8-20(30)27-21-18(28)6-5-17(22(21)31)23(32)33/h5-6,14-16,28,31H,7-13H2,1-4H3,(H,27,30)(H,32,33)/t14-,15?,16+,24+,25?,26+/m1/s1. The topological polar surface area (TPSA) is 133 Å². The van der Waals surface area contributed by atoms with Crippen molar-refractivity contribution < 1.29 is 34.4 Å². The summed E-state index contributed by atoms with van der Waals surface area (Å²) in [6.45, 7) is 8.41. The van der Waals surface area contributed by atoms with E-state index in [9.17, 15) is 29.7 Å². The molecule has 4 N–H and O–H groups in total. The number of hydrogen-bond donors (Lipinski definition) is 4. The van der Waals surface area contributed by atoms with E-state index in [1.165, 1.54) is 0 Å². The molecule has 2 unspecified atom stereocenters. The van der Waals surface area contributed by atoms with Gasteiger partial charge in [0.2, 0.25) is 5.91 Å². The van der Waals surface area contributed by atoms with Crippen LogP contribution in [0.3, 0.4) is 0 Å². The number of carboxylic acids is 1. The highest BCUT2D eigenvalue weighted by molar-refractivity contribution is 5.99. The van der Waals surface area contributed by atoms with Gasteiger partial charge >= 0.3 is 5.97 Å². The first-order chi connectivity index (χ1) is 15.8. The lowest BCUT2D eigenvalue weighted by Crippen LogP contribution is -2.49. The molecule has 1 aromatic carbocycles. The number of hydrogen-bond acceptors (Lipinski definition) is 6. The van der Waals surface area contributed by atoms with Crippen LogP contribution in [-0.2, 0) is 14.3 Å². The van der Waals surface area contributed by atoms with Gasteiger partial charge in [-0.25, -0.2) is 4.79 Å². The molecule has 6 atom stereocenters. The van der Waals surface area contributed by atoms with Crippen LogP contribution in [0, 0.1) is 22.7 Å². The number of ether oxygens (including phenoxy) is 1. The van der Waals surface area contributed by atoms with E-state index in [4.69, 9.17) is 4.74 Å². The van der Waals surface area contributed by atoms with E-state index < -0.39 is 34.4 Å². The Morgan fingerprint density at radius 2 is 1.91 bits per heavy atom. The third-order valence-corrected chi connectivity index (χ3v) is 9.19. The number of ketones is 1. The fourth-order valence-corrected chi connectivity index (χ4v) is 7.11. The third-order valence-electron chi connectivity index (χ3n) is 9.19. The summed E-state index contributed by atoms with van der Waals surface area (Å²) in [5.41, 5.74) is -1.59. The Kier molecular flexibility index (Phi) is 5.95. The zero-order valence-corrected chi connectivity index (χ0v) is 20.3. The molecule has 1 aliphatic heterocycles. The van der Waals surface area contributed by atoms with Crippen LogP contribution in [0.4, 0.5) is 5.69 Å².